The second-order valence-corrected chi connectivity index (χ2v) is 14.9. The fraction of sp³-hybridized carbons (Fsp3) is 0.552. The van der Waals surface area contributed by atoms with Gasteiger partial charge in [-0.3, -0.25) is 9.00 Å². The third kappa shape index (κ3) is 9.01. The Bertz CT molecular complexity index is 1260. The van der Waals surface area contributed by atoms with E-state index in [0.717, 1.165) is 29.0 Å². The topological polar surface area (TPSA) is 130 Å². The Hall–Kier alpha value is -0.474. The Morgan fingerprint density at radius 2 is 1.52 bits per heavy atom. The number of hydroxylamine groups is 2. The summed E-state index contributed by atoms with van der Waals surface area (Å²) >= 11 is -2.25. The summed E-state index contributed by atoms with van der Waals surface area (Å²) in [5.41, 5.74) is 0.727. The minimum Gasteiger partial charge on any atom is -0.784 e. The Morgan fingerprint density at radius 1 is 1.02 bits per heavy atom. The van der Waals surface area contributed by atoms with Crippen LogP contribution in [0, 0.1) is 5.21 Å². The number of piperidine rings is 1. The van der Waals surface area contributed by atoms with Crippen LogP contribution in [-0.2, 0) is 25.7 Å². The second-order valence-electron chi connectivity index (χ2n) is 12.0. The summed E-state index contributed by atoms with van der Waals surface area (Å²) in [5, 5.41) is 16.5. The van der Waals surface area contributed by atoms with Crippen molar-refractivity contribution in [2.75, 3.05) is 5.75 Å². The Balaban J connectivity index is 0.00000560. The van der Waals surface area contributed by atoms with Gasteiger partial charge in [0.1, 0.15) is 5.75 Å². The van der Waals surface area contributed by atoms with Crippen LogP contribution in [-0.4, -0.2) is 51.0 Å². The van der Waals surface area contributed by atoms with E-state index in [-0.39, 0.29) is 79.1 Å². The molecular weight excluding hydrogens is 576 g/mol. The van der Waals surface area contributed by atoms with Gasteiger partial charge >= 0.3 is 51.4 Å². The van der Waals surface area contributed by atoms with Crippen LogP contribution in [0.1, 0.15) is 90.2 Å². The Labute approximate surface area is 284 Å². The molecule has 1 amide bonds. The number of carbonyl (C=O) groups is 1. The molecule has 3 rings (SSSR count). The van der Waals surface area contributed by atoms with Crippen molar-refractivity contribution in [1.82, 2.24) is 10.4 Å². The predicted octanol–water partition coefficient (Wildman–Crippen LogP) is 2.03. The summed E-state index contributed by atoms with van der Waals surface area (Å²) in [7, 11) is -3.84. The van der Waals surface area contributed by atoms with Crippen LogP contribution in [0.2, 0.25) is 0 Å². The summed E-state index contributed by atoms with van der Waals surface area (Å²) in [4.78, 5) is 13.1. The first-order chi connectivity index (χ1) is 18.1. The molecule has 1 aliphatic heterocycles. The van der Waals surface area contributed by atoms with Crippen LogP contribution >= 0.6 is 0 Å². The maximum atomic E-state index is 13.0. The number of rotatable bonds is 10. The number of hydrogen-bond donors (Lipinski definition) is 1. The molecule has 216 valence electrons. The van der Waals surface area contributed by atoms with Gasteiger partial charge in [0, 0.05) is 22.0 Å². The van der Waals surface area contributed by atoms with E-state index >= 15 is 0 Å². The first kappa shape index (κ1) is 35.7. The fourth-order valence-electron chi connectivity index (χ4n) is 5.85. The molecule has 0 spiro atoms. The second kappa shape index (κ2) is 14.3. The molecule has 0 bridgehead atoms. The third-order valence-corrected chi connectivity index (χ3v) is 10.1. The summed E-state index contributed by atoms with van der Waals surface area (Å²) < 4.78 is 48.3. The Morgan fingerprint density at radius 3 is 2.00 bits per heavy atom. The van der Waals surface area contributed by atoms with E-state index in [1.807, 2.05) is 39.8 Å². The number of benzene rings is 2. The largest absolute Gasteiger partial charge is 1.00 e. The van der Waals surface area contributed by atoms with Crippen molar-refractivity contribution >= 4 is 26.8 Å². The van der Waals surface area contributed by atoms with Crippen LogP contribution in [0.15, 0.2) is 58.3 Å². The standard InChI is InChI=1S/C29H41N2O6S2.K/c1-7-21(23-8-12-25(13-9-23)38(34)35)16-20(2)22-10-14-26(15-11-22)39(36,37)19-27(32)30-24-17-28(3,4)31(33)29(5,6)18-24;/h8-15,20-21,24H,7,16-19H2,1-6H3,(H,30,32)(H,34,35);/q-1;+1/p-1. The maximum Gasteiger partial charge on any atom is 1.00 e. The number of hydrogen-bond acceptors (Lipinski definition) is 7. The molecule has 40 heavy (non-hydrogen) atoms. The zero-order chi connectivity index (χ0) is 29.2. The number of amides is 1. The molecule has 1 aliphatic rings. The summed E-state index contributed by atoms with van der Waals surface area (Å²) in [6.07, 6.45) is 2.59. The molecule has 2 aromatic rings. The van der Waals surface area contributed by atoms with E-state index in [0.29, 0.717) is 12.8 Å². The van der Waals surface area contributed by atoms with Crippen LogP contribution in [0.25, 0.3) is 0 Å². The van der Waals surface area contributed by atoms with Crippen molar-refractivity contribution < 1.29 is 73.4 Å². The first-order valence-corrected chi connectivity index (χ1v) is 16.1. The monoisotopic (exact) mass is 615 g/mol. The SMILES string of the molecule is CCC(CC(C)c1ccc(S(=O)(=O)CC(=O)NC2CC(C)(C)N([O-])C(C)(C)C2)cc1)c1ccc(S(=O)[O-])cc1.[K+]. The van der Waals surface area contributed by atoms with E-state index in [9.17, 15) is 27.2 Å². The Kier molecular flexibility index (Phi) is 12.8. The van der Waals surface area contributed by atoms with Gasteiger partial charge in [-0.25, -0.2) is 8.42 Å². The van der Waals surface area contributed by atoms with Gasteiger partial charge in [-0.2, -0.15) is 0 Å². The number of nitrogens with one attached hydrogen (secondary N) is 1. The quantitative estimate of drug-likeness (QED) is 0.320. The number of carbonyl (C=O) groups excluding carboxylic acids is 1. The molecule has 3 unspecified atom stereocenters. The molecule has 2 aromatic carbocycles. The van der Waals surface area contributed by atoms with Crippen LogP contribution in [0.3, 0.4) is 0 Å². The van der Waals surface area contributed by atoms with Crippen LogP contribution < -0.4 is 56.7 Å². The predicted molar refractivity (Wildman–Crippen MR) is 153 cm³/mol. The molecule has 0 saturated carbocycles. The summed E-state index contributed by atoms with van der Waals surface area (Å²) in [6.45, 7) is 11.5. The summed E-state index contributed by atoms with van der Waals surface area (Å²) in [6, 6.07) is 13.3. The van der Waals surface area contributed by atoms with Crippen molar-refractivity contribution in [3.8, 4) is 0 Å². The number of nitrogens with zero attached hydrogens (tertiary/aromatic N) is 1. The van der Waals surface area contributed by atoms with Crippen LogP contribution in [0.4, 0.5) is 0 Å². The van der Waals surface area contributed by atoms with Crippen molar-refractivity contribution in [2.24, 2.45) is 0 Å². The summed E-state index contributed by atoms with van der Waals surface area (Å²) in [5.74, 6) is -0.852. The van der Waals surface area contributed by atoms with Crippen molar-refractivity contribution in [3.63, 3.8) is 0 Å². The normalized spacial score (nSPS) is 19.7. The van der Waals surface area contributed by atoms with Gasteiger partial charge < -0.3 is 20.1 Å². The average Bonchev–Trinajstić information content (AvgIpc) is 2.85. The van der Waals surface area contributed by atoms with E-state index < -0.39 is 43.7 Å². The molecular formula is C29H40KN2O6S2-. The molecule has 3 atom stereocenters. The van der Waals surface area contributed by atoms with Gasteiger partial charge in [-0.15, -0.1) is 0 Å². The smallest absolute Gasteiger partial charge is 0.784 e. The molecule has 1 heterocycles. The van der Waals surface area contributed by atoms with E-state index in [4.69, 9.17) is 0 Å². The molecule has 1 saturated heterocycles. The van der Waals surface area contributed by atoms with Crippen LogP contribution in [0.5, 0.6) is 0 Å². The fourth-order valence-corrected chi connectivity index (χ4v) is 7.35. The maximum absolute atomic E-state index is 13.0. The van der Waals surface area contributed by atoms with Gasteiger partial charge in [0.2, 0.25) is 5.91 Å². The molecule has 11 heteroatoms. The number of sulfone groups is 1. The third-order valence-electron chi connectivity index (χ3n) is 7.76. The zero-order valence-electron chi connectivity index (χ0n) is 24.6. The molecule has 1 N–H and O–H groups in total. The average molecular weight is 616 g/mol. The molecule has 0 aromatic heterocycles. The first-order valence-electron chi connectivity index (χ1n) is 13.3. The molecule has 8 nitrogen and oxygen atoms in total. The van der Waals surface area contributed by atoms with Crippen molar-refractivity contribution in [1.29, 1.82) is 0 Å². The van der Waals surface area contributed by atoms with Gasteiger partial charge in [0.25, 0.3) is 0 Å². The molecule has 0 aliphatic carbocycles. The van der Waals surface area contributed by atoms with Crippen molar-refractivity contribution in [3.05, 3.63) is 64.9 Å². The zero-order valence-corrected chi connectivity index (χ0v) is 29.4. The van der Waals surface area contributed by atoms with Gasteiger partial charge in [-0.05, 0) is 112 Å². The minimum absolute atomic E-state index is 0. The van der Waals surface area contributed by atoms with Gasteiger partial charge in [0.15, 0.2) is 9.84 Å². The van der Waals surface area contributed by atoms with E-state index in [2.05, 4.69) is 19.2 Å². The van der Waals surface area contributed by atoms with Gasteiger partial charge in [-0.1, -0.05) is 38.1 Å². The molecule has 1 fully saturated rings. The molecule has 0 radical (unpaired) electrons. The van der Waals surface area contributed by atoms with E-state index in [1.165, 1.54) is 0 Å². The van der Waals surface area contributed by atoms with Crippen molar-refractivity contribution in [2.45, 2.75) is 106 Å². The minimum atomic E-state index is -3.84. The van der Waals surface area contributed by atoms with Gasteiger partial charge in [0.05, 0.1) is 4.90 Å². The van der Waals surface area contributed by atoms with E-state index in [1.54, 1.807) is 36.4 Å².